The predicted molar refractivity (Wildman–Crippen MR) is 154 cm³/mol. The van der Waals surface area contributed by atoms with Crippen LogP contribution < -0.4 is 25.3 Å². The molecule has 1 aromatic carbocycles. The molecule has 0 saturated carbocycles. The fraction of sp³-hybridized carbons (Fsp3) is 0.607. The van der Waals surface area contributed by atoms with Gasteiger partial charge in [-0.15, -0.1) is 0 Å². The molecule has 1 atom stereocenters. The Kier molecular flexibility index (Phi) is 8.09. The molecule has 0 amide bonds. The van der Waals surface area contributed by atoms with Crippen molar-refractivity contribution in [2.45, 2.75) is 58.9 Å². The first-order valence-electron chi connectivity index (χ1n) is 13.8. The van der Waals surface area contributed by atoms with E-state index in [0.29, 0.717) is 23.5 Å². The Balaban J connectivity index is 1.25. The Morgan fingerprint density at radius 2 is 1.50 bits per heavy atom. The molecule has 3 aliphatic rings. The quantitative estimate of drug-likeness (QED) is 0.528. The van der Waals surface area contributed by atoms with Crippen LogP contribution in [-0.2, 0) is 6.54 Å². The lowest BCUT2D eigenvalue weighted by molar-refractivity contribution is 0.435. The minimum absolute atomic E-state index is 0.556. The first kappa shape index (κ1) is 25.1. The third kappa shape index (κ3) is 6.38. The molecule has 4 heterocycles. The van der Waals surface area contributed by atoms with Crippen LogP contribution in [-0.4, -0.2) is 54.3 Å². The average Bonchev–Trinajstić information content (AvgIpc) is 3.43. The highest BCUT2D eigenvalue weighted by Gasteiger charge is 2.23. The lowest BCUT2D eigenvalue weighted by Gasteiger charge is -2.34. The van der Waals surface area contributed by atoms with Gasteiger partial charge >= 0.3 is 0 Å². The van der Waals surface area contributed by atoms with Crippen molar-refractivity contribution >= 4 is 40.6 Å². The van der Waals surface area contributed by atoms with Crippen LogP contribution in [0.25, 0.3) is 0 Å². The van der Waals surface area contributed by atoms with Crippen molar-refractivity contribution in [3.63, 3.8) is 0 Å². The highest BCUT2D eigenvalue weighted by Crippen LogP contribution is 2.28. The highest BCUT2D eigenvalue weighted by molar-refractivity contribution is 7.80. The summed E-state index contributed by atoms with van der Waals surface area (Å²) in [7, 11) is 0. The standard InChI is InChI=1S/C28H41N7S/c1-21-11-16-34(17-12-21)25-18-26(35-15-5-6-22(2)20-35)31-27(30-25)32-28(36)29-19-23-7-9-24(10-8-23)33-13-3-4-14-33/h7-10,18,21-22H,3-6,11-17,19-20H2,1-2H3,(H2,29,30,31,32,36). The van der Waals surface area contributed by atoms with E-state index in [0.717, 1.165) is 43.7 Å². The van der Waals surface area contributed by atoms with Crippen LogP contribution in [0.3, 0.4) is 0 Å². The summed E-state index contributed by atoms with van der Waals surface area (Å²) in [6.45, 7) is 11.9. The number of thiocarbonyl (C=S) groups is 1. The van der Waals surface area contributed by atoms with Gasteiger partial charge in [-0.1, -0.05) is 26.0 Å². The van der Waals surface area contributed by atoms with E-state index in [1.165, 1.54) is 62.9 Å². The summed E-state index contributed by atoms with van der Waals surface area (Å²) in [5.74, 6) is 4.07. The minimum Gasteiger partial charge on any atom is -0.372 e. The van der Waals surface area contributed by atoms with Gasteiger partial charge in [-0.05, 0) is 80.3 Å². The Labute approximate surface area is 221 Å². The van der Waals surface area contributed by atoms with Crippen molar-refractivity contribution < 1.29 is 0 Å². The SMILES string of the molecule is CC1CCN(c2cc(N3CCCC(C)C3)nc(NC(=S)NCc3ccc(N4CCCC4)cc3)n2)CC1. The summed E-state index contributed by atoms with van der Waals surface area (Å²) < 4.78 is 0. The van der Waals surface area contributed by atoms with E-state index < -0.39 is 0 Å². The zero-order chi connectivity index (χ0) is 24.9. The molecule has 0 bridgehead atoms. The van der Waals surface area contributed by atoms with Gasteiger partial charge in [-0.3, -0.25) is 0 Å². The molecule has 3 fully saturated rings. The molecule has 1 aromatic heterocycles. The molecular weight excluding hydrogens is 466 g/mol. The smallest absolute Gasteiger partial charge is 0.232 e. The lowest BCUT2D eigenvalue weighted by atomic mass is 9.99. The van der Waals surface area contributed by atoms with Crippen LogP contribution in [0.2, 0.25) is 0 Å². The van der Waals surface area contributed by atoms with E-state index in [1.807, 2.05) is 0 Å². The second-order valence-electron chi connectivity index (χ2n) is 10.9. The number of nitrogens with zero attached hydrogens (tertiary/aromatic N) is 5. The molecule has 36 heavy (non-hydrogen) atoms. The first-order valence-corrected chi connectivity index (χ1v) is 14.2. The molecule has 2 aromatic rings. The van der Waals surface area contributed by atoms with Crippen LogP contribution in [0, 0.1) is 11.8 Å². The minimum atomic E-state index is 0.556. The van der Waals surface area contributed by atoms with E-state index in [-0.39, 0.29) is 0 Å². The second kappa shape index (κ2) is 11.6. The van der Waals surface area contributed by atoms with Crippen LogP contribution in [0.4, 0.5) is 23.3 Å². The number of rotatable bonds is 6. The Hall–Kier alpha value is -2.61. The maximum atomic E-state index is 5.64. The van der Waals surface area contributed by atoms with Crippen molar-refractivity contribution in [3.05, 3.63) is 35.9 Å². The summed E-state index contributed by atoms with van der Waals surface area (Å²) in [5.41, 5.74) is 2.52. The van der Waals surface area contributed by atoms with E-state index in [1.54, 1.807) is 0 Å². The van der Waals surface area contributed by atoms with E-state index >= 15 is 0 Å². The molecule has 5 rings (SSSR count). The summed E-state index contributed by atoms with van der Waals surface area (Å²) in [4.78, 5) is 17.1. The number of hydrogen-bond acceptors (Lipinski definition) is 6. The molecule has 3 aliphatic heterocycles. The summed E-state index contributed by atoms with van der Waals surface area (Å²) in [6, 6.07) is 11.0. The van der Waals surface area contributed by atoms with E-state index in [2.05, 4.69) is 69.5 Å². The van der Waals surface area contributed by atoms with Gasteiger partial charge in [0, 0.05) is 57.6 Å². The Morgan fingerprint density at radius 1 is 0.833 bits per heavy atom. The molecule has 3 saturated heterocycles. The zero-order valence-corrected chi connectivity index (χ0v) is 22.7. The third-order valence-electron chi connectivity index (χ3n) is 7.87. The Bertz CT molecular complexity index is 1010. The number of benzene rings is 1. The van der Waals surface area contributed by atoms with Crippen LogP contribution >= 0.6 is 12.2 Å². The van der Waals surface area contributed by atoms with Crippen LogP contribution in [0.1, 0.15) is 57.9 Å². The number of anilines is 4. The van der Waals surface area contributed by atoms with Crippen molar-refractivity contribution in [2.75, 3.05) is 59.3 Å². The second-order valence-corrected chi connectivity index (χ2v) is 11.3. The lowest BCUT2D eigenvalue weighted by Crippen LogP contribution is -2.37. The van der Waals surface area contributed by atoms with Gasteiger partial charge < -0.3 is 25.3 Å². The number of piperidine rings is 2. The van der Waals surface area contributed by atoms with Crippen molar-refractivity contribution in [3.8, 4) is 0 Å². The number of hydrogen-bond donors (Lipinski definition) is 2. The number of aromatic nitrogens is 2. The van der Waals surface area contributed by atoms with E-state index in [4.69, 9.17) is 22.2 Å². The van der Waals surface area contributed by atoms with Crippen molar-refractivity contribution in [2.24, 2.45) is 11.8 Å². The fourth-order valence-electron chi connectivity index (χ4n) is 5.57. The van der Waals surface area contributed by atoms with Gasteiger partial charge in [0.05, 0.1) is 0 Å². The summed E-state index contributed by atoms with van der Waals surface area (Å²) in [6.07, 6.45) is 7.50. The first-order chi connectivity index (χ1) is 17.5. The largest absolute Gasteiger partial charge is 0.372 e. The summed E-state index contributed by atoms with van der Waals surface area (Å²) in [5, 5.41) is 7.19. The molecule has 194 valence electrons. The van der Waals surface area contributed by atoms with Crippen LogP contribution in [0.15, 0.2) is 30.3 Å². The molecule has 1 unspecified atom stereocenters. The molecular formula is C28H41N7S. The Morgan fingerprint density at radius 3 is 2.19 bits per heavy atom. The highest BCUT2D eigenvalue weighted by atomic mass is 32.1. The van der Waals surface area contributed by atoms with Crippen molar-refractivity contribution in [1.82, 2.24) is 15.3 Å². The molecule has 2 N–H and O–H groups in total. The topological polar surface area (TPSA) is 59.6 Å². The number of nitrogens with one attached hydrogen (secondary N) is 2. The fourth-order valence-corrected chi connectivity index (χ4v) is 5.73. The predicted octanol–water partition coefficient (Wildman–Crippen LogP) is 5.04. The van der Waals surface area contributed by atoms with Crippen LogP contribution in [0.5, 0.6) is 0 Å². The normalized spacial score (nSPS) is 21.1. The molecule has 0 radical (unpaired) electrons. The average molecular weight is 508 g/mol. The van der Waals surface area contributed by atoms with Gasteiger partial charge in [0.2, 0.25) is 5.95 Å². The monoisotopic (exact) mass is 507 g/mol. The van der Waals surface area contributed by atoms with Gasteiger partial charge in [0.1, 0.15) is 11.6 Å². The zero-order valence-electron chi connectivity index (χ0n) is 21.9. The van der Waals surface area contributed by atoms with Gasteiger partial charge in [0.25, 0.3) is 0 Å². The molecule has 0 aliphatic carbocycles. The third-order valence-corrected chi connectivity index (χ3v) is 8.12. The van der Waals surface area contributed by atoms with Gasteiger partial charge in [-0.25, -0.2) is 0 Å². The van der Waals surface area contributed by atoms with Gasteiger partial charge in [-0.2, -0.15) is 9.97 Å². The van der Waals surface area contributed by atoms with Gasteiger partial charge in [0.15, 0.2) is 5.11 Å². The maximum absolute atomic E-state index is 5.64. The molecule has 0 spiro atoms. The maximum Gasteiger partial charge on any atom is 0.232 e. The van der Waals surface area contributed by atoms with Crippen molar-refractivity contribution in [1.29, 1.82) is 0 Å². The van der Waals surface area contributed by atoms with E-state index in [9.17, 15) is 0 Å². The molecule has 7 nitrogen and oxygen atoms in total. The summed E-state index contributed by atoms with van der Waals surface area (Å²) >= 11 is 5.64. The molecule has 8 heteroatoms.